The number of hydrogen-bond donors (Lipinski definition) is 2. The lowest BCUT2D eigenvalue weighted by atomic mass is 10.1. The highest BCUT2D eigenvalue weighted by molar-refractivity contribution is 6.42. The van der Waals surface area contributed by atoms with Crippen LogP contribution in [0.25, 0.3) is 0 Å². The zero-order valence-electron chi connectivity index (χ0n) is 10.5. The Morgan fingerprint density at radius 1 is 1.16 bits per heavy atom. The average molecular weight is 296 g/mol. The summed E-state index contributed by atoms with van der Waals surface area (Å²) in [5, 5.41) is 14.0. The highest BCUT2D eigenvalue weighted by Crippen LogP contribution is 2.26. The zero-order valence-corrected chi connectivity index (χ0v) is 12.0. The van der Waals surface area contributed by atoms with Crippen LogP contribution in [0.3, 0.4) is 0 Å². The highest BCUT2D eigenvalue weighted by Gasteiger charge is 2.08. The summed E-state index contributed by atoms with van der Waals surface area (Å²) in [6, 6.07) is 12.9. The Hall–Kier alpha value is -1.22. The minimum atomic E-state index is 0.113. The number of rotatable bonds is 4. The van der Waals surface area contributed by atoms with Crippen molar-refractivity contribution in [2.75, 3.05) is 0 Å². The summed E-state index contributed by atoms with van der Waals surface area (Å²) in [4.78, 5) is 0. The van der Waals surface area contributed by atoms with Gasteiger partial charge in [-0.05, 0) is 36.2 Å². The maximum Gasteiger partial charge on any atom is 0.115 e. The summed E-state index contributed by atoms with van der Waals surface area (Å²) in [7, 11) is 0. The van der Waals surface area contributed by atoms with Crippen molar-refractivity contribution in [3.8, 4) is 5.75 Å². The van der Waals surface area contributed by atoms with Crippen LogP contribution >= 0.6 is 23.2 Å². The molecular weight excluding hydrogens is 281 g/mol. The fraction of sp³-hybridized carbons (Fsp3) is 0.200. The van der Waals surface area contributed by atoms with E-state index in [1.165, 1.54) is 0 Å². The highest BCUT2D eigenvalue weighted by atomic mass is 35.5. The topological polar surface area (TPSA) is 32.3 Å². The summed E-state index contributed by atoms with van der Waals surface area (Å²) in [6.07, 6.45) is 0. The fourth-order valence-corrected chi connectivity index (χ4v) is 2.25. The third-order valence-electron chi connectivity index (χ3n) is 3.00. The van der Waals surface area contributed by atoms with Gasteiger partial charge in [0.15, 0.2) is 0 Å². The number of phenolic OH excluding ortho intramolecular Hbond substituents is 1. The quantitative estimate of drug-likeness (QED) is 0.867. The van der Waals surface area contributed by atoms with Crippen LogP contribution in [0.2, 0.25) is 10.0 Å². The number of hydrogen-bond acceptors (Lipinski definition) is 2. The molecule has 0 bridgehead atoms. The lowest BCUT2D eigenvalue weighted by Gasteiger charge is -2.15. The van der Waals surface area contributed by atoms with Crippen LogP contribution in [0.15, 0.2) is 42.5 Å². The largest absolute Gasteiger partial charge is 0.508 e. The van der Waals surface area contributed by atoms with Gasteiger partial charge in [-0.3, -0.25) is 0 Å². The third kappa shape index (κ3) is 3.63. The van der Waals surface area contributed by atoms with E-state index in [-0.39, 0.29) is 11.8 Å². The molecule has 2 rings (SSSR count). The van der Waals surface area contributed by atoms with Gasteiger partial charge in [-0.2, -0.15) is 0 Å². The van der Waals surface area contributed by atoms with Crippen molar-refractivity contribution in [1.29, 1.82) is 0 Å². The molecule has 2 aromatic rings. The molecule has 0 radical (unpaired) electrons. The maximum atomic E-state index is 9.46. The molecule has 2 N–H and O–H groups in total. The van der Waals surface area contributed by atoms with Crippen molar-refractivity contribution in [3.63, 3.8) is 0 Å². The maximum absolute atomic E-state index is 9.46. The van der Waals surface area contributed by atoms with E-state index < -0.39 is 0 Å². The van der Waals surface area contributed by atoms with E-state index in [4.69, 9.17) is 23.2 Å². The molecule has 0 amide bonds. The SMILES string of the molecule is CC(NCc1cccc(Cl)c1Cl)c1cccc(O)c1. The monoisotopic (exact) mass is 295 g/mol. The molecular formula is C15H15Cl2NO. The minimum absolute atomic E-state index is 0.113. The van der Waals surface area contributed by atoms with Gasteiger partial charge in [0.1, 0.15) is 5.75 Å². The Morgan fingerprint density at radius 3 is 2.63 bits per heavy atom. The summed E-state index contributed by atoms with van der Waals surface area (Å²) in [5.41, 5.74) is 1.99. The first-order valence-corrected chi connectivity index (χ1v) is 6.78. The second kappa shape index (κ2) is 6.29. The molecule has 0 spiro atoms. The van der Waals surface area contributed by atoms with Crippen molar-refractivity contribution < 1.29 is 5.11 Å². The number of nitrogens with one attached hydrogen (secondary N) is 1. The van der Waals surface area contributed by atoms with Gasteiger partial charge in [-0.15, -0.1) is 0 Å². The van der Waals surface area contributed by atoms with Gasteiger partial charge in [0, 0.05) is 12.6 Å². The molecule has 100 valence electrons. The summed E-state index contributed by atoms with van der Waals surface area (Å²) >= 11 is 12.1. The molecule has 0 saturated heterocycles. The number of phenols is 1. The van der Waals surface area contributed by atoms with E-state index in [0.717, 1.165) is 11.1 Å². The molecule has 1 atom stereocenters. The molecule has 1 unspecified atom stereocenters. The third-order valence-corrected chi connectivity index (χ3v) is 3.86. The summed E-state index contributed by atoms with van der Waals surface area (Å²) in [6.45, 7) is 2.66. The van der Waals surface area contributed by atoms with Crippen LogP contribution in [0.1, 0.15) is 24.1 Å². The van der Waals surface area contributed by atoms with E-state index in [1.54, 1.807) is 18.2 Å². The van der Waals surface area contributed by atoms with Gasteiger partial charge in [0.25, 0.3) is 0 Å². The van der Waals surface area contributed by atoms with Crippen molar-refractivity contribution >= 4 is 23.2 Å². The van der Waals surface area contributed by atoms with Gasteiger partial charge in [0.2, 0.25) is 0 Å². The predicted octanol–water partition coefficient (Wildman–Crippen LogP) is 4.55. The number of benzene rings is 2. The molecule has 0 saturated carbocycles. The molecule has 4 heteroatoms. The molecule has 0 heterocycles. The van der Waals surface area contributed by atoms with E-state index in [0.29, 0.717) is 16.6 Å². The average Bonchev–Trinajstić information content (AvgIpc) is 2.40. The second-order valence-corrected chi connectivity index (χ2v) is 5.20. The van der Waals surface area contributed by atoms with E-state index in [1.807, 2.05) is 31.2 Å². The van der Waals surface area contributed by atoms with E-state index in [9.17, 15) is 5.11 Å². The molecule has 19 heavy (non-hydrogen) atoms. The lowest BCUT2D eigenvalue weighted by Crippen LogP contribution is -2.18. The van der Waals surface area contributed by atoms with Crippen molar-refractivity contribution in [2.45, 2.75) is 19.5 Å². The van der Waals surface area contributed by atoms with Crippen molar-refractivity contribution in [1.82, 2.24) is 5.32 Å². The van der Waals surface area contributed by atoms with Crippen LogP contribution in [-0.4, -0.2) is 5.11 Å². The van der Waals surface area contributed by atoms with Crippen LogP contribution in [0, 0.1) is 0 Å². The van der Waals surface area contributed by atoms with E-state index >= 15 is 0 Å². The molecule has 0 aliphatic rings. The van der Waals surface area contributed by atoms with Crippen LogP contribution in [0.5, 0.6) is 5.75 Å². The van der Waals surface area contributed by atoms with E-state index in [2.05, 4.69) is 5.32 Å². The van der Waals surface area contributed by atoms with Crippen molar-refractivity contribution in [2.24, 2.45) is 0 Å². The van der Waals surface area contributed by atoms with Gasteiger partial charge in [0.05, 0.1) is 10.0 Å². The Bertz CT molecular complexity index is 572. The van der Waals surface area contributed by atoms with Crippen LogP contribution in [-0.2, 0) is 6.54 Å². The van der Waals surface area contributed by atoms with Crippen molar-refractivity contribution in [3.05, 3.63) is 63.6 Å². The normalized spacial score (nSPS) is 12.4. The number of halogens is 2. The van der Waals surface area contributed by atoms with Gasteiger partial charge in [-0.1, -0.05) is 47.5 Å². The molecule has 0 aliphatic heterocycles. The Kier molecular flexibility index (Phi) is 4.70. The standard InChI is InChI=1S/C15H15Cl2NO/c1-10(11-4-2-6-13(19)8-11)18-9-12-5-3-7-14(16)15(12)17/h2-8,10,18-19H,9H2,1H3. The summed E-state index contributed by atoms with van der Waals surface area (Å²) in [5.74, 6) is 0.270. The minimum Gasteiger partial charge on any atom is -0.508 e. The van der Waals surface area contributed by atoms with Gasteiger partial charge in [-0.25, -0.2) is 0 Å². The molecule has 0 aliphatic carbocycles. The Balaban J connectivity index is 2.04. The summed E-state index contributed by atoms with van der Waals surface area (Å²) < 4.78 is 0. The first-order valence-electron chi connectivity index (χ1n) is 6.03. The molecule has 0 aromatic heterocycles. The van der Waals surface area contributed by atoms with Gasteiger partial charge < -0.3 is 10.4 Å². The lowest BCUT2D eigenvalue weighted by molar-refractivity contribution is 0.472. The molecule has 2 nitrogen and oxygen atoms in total. The second-order valence-electron chi connectivity index (χ2n) is 4.41. The predicted molar refractivity (Wildman–Crippen MR) is 79.8 cm³/mol. The molecule has 2 aromatic carbocycles. The number of aromatic hydroxyl groups is 1. The molecule has 0 fully saturated rings. The first-order chi connectivity index (χ1) is 9.08. The zero-order chi connectivity index (χ0) is 13.8. The van der Waals surface area contributed by atoms with Gasteiger partial charge >= 0.3 is 0 Å². The smallest absolute Gasteiger partial charge is 0.115 e. The van der Waals surface area contributed by atoms with Crippen LogP contribution < -0.4 is 5.32 Å². The van der Waals surface area contributed by atoms with Crippen LogP contribution in [0.4, 0.5) is 0 Å². The first kappa shape index (κ1) is 14.2. The Labute approximate surface area is 123 Å². The fourth-order valence-electron chi connectivity index (χ4n) is 1.86. The Morgan fingerprint density at radius 2 is 1.89 bits per heavy atom.